The van der Waals surface area contributed by atoms with Gasteiger partial charge in [0, 0.05) is 32.1 Å². The summed E-state index contributed by atoms with van der Waals surface area (Å²) < 4.78 is 0. The first-order valence-electron chi connectivity index (χ1n) is 14.6. The van der Waals surface area contributed by atoms with Gasteiger partial charge in [0.15, 0.2) is 6.10 Å². The summed E-state index contributed by atoms with van der Waals surface area (Å²) in [5.41, 5.74) is 4.25. The lowest BCUT2D eigenvalue weighted by atomic mass is 9.95. The first-order chi connectivity index (χ1) is 19.8. The Morgan fingerprint density at radius 1 is 0.860 bits per heavy atom. The molecule has 3 aromatic rings. The number of hydrogen-bond acceptors (Lipinski definition) is 5. The Hall–Kier alpha value is -3.52. The van der Waals surface area contributed by atoms with Crippen LogP contribution in [0.4, 0.5) is 0 Å². The molecule has 2 amide bonds. The Morgan fingerprint density at radius 3 is 2.09 bits per heavy atom. The summed E-state index contributed by atoms with van der Waals surface area (Å²) >= 11 is 0. The number of benzene rings is 3. The molecule has 0 bridgehead atoms. The molecule has 3 aromatic carbocycles. The van der Waals surface area contributed by atoms with Crippen LogP contribution in [0.3, 0.4) is 0 Å². The zero-order valence-corrected chi connectivity index (χ0v) is 24.1. The average molecular weight is 590 g/mol. The molecular weight excluding hydrogens is 538 g/mol. The van der Waals surface area contributed by atoms with Gasteiger partial charge in [-0.15, -0.1) is 0 Å². The van der Waals surface area contributed by atoms with E-state index in [4.69, 9.17) is 0 Å². The maximum Gasteiger partial charge on any atom is 0.251 e. The van der Waals surface area contributed by atoms with Crippen LogP contribution < -0.4 is 10.6 Å². The van der Waals surface area contributed by atoms with Crippen molar-refractivity contribution in [2.75, 3.05) is 13.1 Å². The number of hydrogen-bond donors (Lipinski definition) is 4. The predicted octanol–water partition coefficient (Wildman–Crippen LogP) is 5.20. The van der Waals surface area contributed by atoms with E-state index in [9.17, 15) is 19.8 Å². The Morgan fingerprint density at radius 2 is 1.47 bits per heavy atom. The van der Waals surface area contributed by atoms with Crippen LogP contribution in [0.15, 0.2) is 84.9 Å². The van der Waals surface area contributed by atoms with E-state index < -0.39 is 24.2 Å². The van der Waals surface area contributed by atoms with E-state index in [2.05, 4.69) is 27.7 Å². The van der Waals surface area contributed by atoms with Crippen LogP contribution in [-0.2, 0) is 22.6 Å². The summed E-state index contributed by atoms with van der Waals surface area (Å²) in [6.45, 7) is 6.41. The van der Waals surface area contributed by atoms with Crippen molar-refractivity contribution in [3.63, 3.8) is 0 Å². The zero-order valence-electron chi connectivity index (χ0n) is 24.1. The van der Waals surface area contributed by atoms with Crippen molar-refractivity contribution in [3.05, 3.63) is 96.1 Å². The molecule has 7 nitrogen and oxygen atoms in total. The summed E-state index contributed by atoms with van der Waals surface area (Å²) in [6, 6.07) is 27.2. The van der Waals surface area contributed by atoms with Gasteiger partial charge in [-0.3, -0.25) is 14.5 Å². The number of carbonyl (C=O) groups is 2. The molecule has 4 rings (SSSR count). The van der Waals surface area contributed by atoms with E-state index in [0.29, 0.717) is 25.3 Å². The molecule has 0 aliphatic carbocycles. The molecule has 0 saturated carbocycles. The standard InChI is InChI=1S/C34H43N3O4.2CH4/c1-24(2)13-18-31(38)36-30(21-25-14-16-28(17-15-25)27-11-7-4-8-12-27)32(39)33(40)34(41)35-29-19-20-37(23-29)22-26-9-5-3-6-10-26;;/h3-12,14-17,24,29-30,32-33,39-40H,13,18-23H2,1-2H3,(H,35,41)(H,36,38);2*1H4. The molecule has 7 heteroatoms. The minimum absolute atomic E-state index is 0. The minimum atomic E-state index is -1.67. The smallest absolute Gasteiger partial charge is 0.251 e. The molecule has 4 atom stereocenters. The molecule has 1 heterocycles. The molecule has 4 N–H and O–H groups in total. The molecule has 0 spiro atoms. The van der Waals surface area contributed by atoms with Gasteiger partial charge in [0.05, 0.1) is 6.04 Å². The fourth-order valence-corrected chi connectivity index (χ4v) is 5.27. The van der Waals surface area contributed by atoms with Crippen molar-refractivity contribution >= 4 is 11.8 Å². The first-order valence-corrected chi connectivity index (χ1v) is 14.6. The van der Waals surface area contributed by atoms with Gasteiger partial charge < -0.3 is 20.8 Å². The predicted molar refractivity (Wildman–Crippen MR) is 175 cm³/mol. The largest absolute Gasteiger partial charge is 0.388 e. The number of rotatable bonds is 13. The molecule has 1 fully saturated rings. The van der Waals surface area contributed by atoms with Crippen LogP contribution in [0.5, 0.6) is 0 Å². The topological polar surface area (TPSA) is 102 Å². The van der Waals surface area contributed by atoms with Crippen LogP contribution in [0.2, 0.25) is 0 Å². The second-order valence-electron chi connectivity index (χ2n) is 11.5. The summed E-state index contributed by atoms with van der Waals surface area (Å²) in [6.07, 6.45) is -1.06. The highest BCUT2D eigenvalue weighted by molar-refractivity contribution is 5.82. The van der Waals surface area contributed by atoms with Crippen LogP contribution in [-0.4, -0.2) is 64.3 Å². The molecule has 1 saturated heterocycles. The maximum atomic E-state index is 13.0. The van der Waals surface area contributed by atoms with Gasteiger partial charge in [0.25, 0.3) is 5.91 Å². The number of carbonyl (C=O) groups excluding carboxylic acids is 2. The molecule has 43 heavy (non-hydrogen) atoms. The number of nitrogens with one attached hydrogen (secondary N) is 2. The minimum Gasteiger partial charge on any atom is -0.388 e. The van der Waals surface area contributed by atoms with Gasteiger partial charge in [-0.2, -0.15) is 0 Å². The van der Waals surface area contributed by atoms with Crippen molar-refractivity contribution in [1.82, 2.24) is 15.5 Å². The monoisotopic (exact) mass is 589 g/mol. The molecule has 234 valence electrons. The van der Waals surface area contributed by atoms with Gasteiger partial charge in [-0.25, -0.2) is 0 Å². The Kier molecular flexibility index (Phi) is 14.6. The van der Waals surface area contributed by atoms with Crippen LogP contribution in [0.25, 0.3) is 11.1 Å². The van der Waals surface area contributed by atoms with Crippen LogP contribution in [0.1, 0.15) is 59.1 Å². The third-order valence-corrected chi connectivity index (χ3v) is 7.68. The van der Waals surface area contributed by atoms with E-state index in [0.717, 1.165) is 36.2 Å². The fraction of sp³-hybridized carbons (Fsp3) is 0.444. The number of aliphatic hydroxyl groups is 2. The van der Waals surface area contributed by atoms with E-state index in [1.54, 1.807) is 0 Å². The summed E-state index contributed by atoms with van der Waals surface area (Å²) in [5.74, 6) is -0.465. The van der Waals surface area contributed by atoms with Crippen molar-refractivity contribution in [2.24, 2.45) is 5.92 Å². The lowest BCUT2D eigenvalue weighted by molar-refractivity contribution is -0.138. The Bertz CT molecular complexity index is 1230. The van der Waals surface area contributed by atoms with Crippen molar-refractivity contribution < 1.29 is 19.8 Å². The fourth-order valence-electron chi connectivity index (χ4n) is 5.27. The number of nitrogens with zero attached hydrogens (tertiary/aromatic N) is 1. The highest BCUT2D eigenvalue weighted by Crippen LogP contribution is 2.21. The molecule has 1 aliphatic heterocycles. The third-order valence-electron chi connectivity index (χ3n) is 7.68. The summed E-state index contributed by atoms with van der Waals surface area (Å²) in [5, 5.41) is 27.8. The van der Waals surface area contributed by atoms with E-state index in [-0.39, 0.29) is 33.2 Å². The third kappa shape index (κ3) is 10.9. The number of amides is 2. The molecule has 0 aromatic heterocycles. The van der Waals surface area contributed by atoms with Crippen molar-refractivity contribution in [2.45, 2.75) is 85.2 Å². The van der Waals surface area contributed by atoms with Gasteiger partial charge in [-0.05, 0) is 47.4 Å². The average Bonchev–Trinajstić information content (AvgIpc) is 3.42. The molecule has 4 unspecified atom stereocenters. The number of likely N-dealkylation sites (tertiary alicyclic amines) is 1. The summed E-state index contributed by atoms with van der Waals surface area (Å²) in [7, 11) is 0. The lowest BCUT2D eigenvalue weighted by Gasteiger charge is -2.28. The van der Waals surface area contributed by atoms with Crippen LogP contribution in [0, 0.1) is 5.92 Å². The van der Waals surface area contributed by atoms with Crippen LogP contribution >= 0.6 is 0 Å². The highest BCUT2D eigenvalue weighted by atomic mass is 16.3. The Labute approximate surface area is 258 Å². The Balaban J connectivity index is 0.00000323. The normalized spacial score (nSPS) is 16.8. The first kappa shape index (κ1) is 35.7. The van der Waals surface area contributed by atoms with Gasteiger partial charge >= 0.3 is 0 Å². The van der Waals surface area contributed by atoms with Crippen molar-refractivity contribution in [1.29, 1.82) is 0 Å². The molecular formula is C36H51N3O4. The van der Waals surface area contributed by atoms with E-state index >= 15 is 0 Å². The number of aliphatic hydroxyl groups excluding tert-OH is 2. The second-order valence-corrected chi connectivity index (χ2v) is 11.5. The summed E-state index contributed by atoms with van der Waals surface area (Å²) in [4.78, 5) is 28.0. The molecule has 0 radical (unpaired) electrons. The lowest BCUT2D eigenvalue weighted by Crippen LogP contribution is -2.55. The van der Waals surface area contributed by atoms with Gasteiger partial charge in [0.1, 0.15) is 6.10 Å². The van der Waals surface area contributed by atoms with Gasteiger partial charge in [-0.1, -0.05) is 114 Å². The second kappa shape index (κ2) is 17.6. The van der Waals surface area contributed by atoms with Crippen molar-refractivity contribution in [3.8, 4) is 11.1 Å². The zero-order chi connectivity index (χ0) is 29.2. The SMILES string of the molecule is C.C.CC(C)CCC(=O)NC(Cc1ccc(-c2ccccc2)cc1)C(O)C(O)C(=O)NC1CCN(Cc2ccccc2)C1. The highest BCUT2D eigenvalue weighted by Gasteiger charge is 2.34. The van der Waals surface area contributed by atoms with Gasteiger partial charge in [0.2, 0.25) is 5.91 Å². The quantitative estimate of drug-likeness (QED) is 0.220. The maximum absolute atomic E-state index is 13.0. The van der Waals surface area contributed by atoms with E-state index in [1.807, 2.05) is 86.6 Å². The molecule has 1 aliphatic rings. The van der Waals surface area contributed by atoms with E-state index in [1.165, 1.54) is 5.56 Å².